The maximum Gasteiger partial charge on any atom is 0.428 e. The first kappa shape index (κ1) is 10.7. The van der Waals surface area contributed by atoms with Crippen molar-refractivity contribution in [2.24, 2.45) is 5.10 Å². The van der Waals surface area contributed by atoms with Crippen LogP contribution >= 0.6 is 11.6 Å². The van der Waals surface area contributed by atoms with Crippen molar-refractivity contribution < 1.29 is 13.2 Å². The third kappa shape index (κ3) is 4.04. The largest absolute Gasteiger partial charge is 0.428 e. The molecule has 4 nitrogen and oxygen atoms in total. The smallest absolute Gasteiger partial charge is 0.260 e. The van der Waals surface area contributed by atoms with E-state index in [9.17, 15) is 13.2 Å². The monoisotopic (exact) mass is 224 g/mol. The summed E-state index contributed by atoms with van der Waals surface area (Å²) in [6.07, 6.45) is -2.29. The molecule has 1 rings (SSSR count). The van der Waals surface area contributed by atoms with E-state index in [4.69, 9.17) is 11.6 Å². The topological polar surface area (TPSA) is 50.2 Å². The van der Waals surface area contributed by atoms with Gasteiger partial charge in [-0.1, -0.05) is 11.6 Å². The van der Waals surface area contributed by atoms with Gasteiger partial charge in [-0.2, -0.15) is 18.3 Å². The van der Waals surface area contributed by atoms with Gasteiger partial charge in [0.05, 0.1) is 12.4 Å². The fraction of sp³-hybridized carbons (Fsp3) is 0.167. The van der Waals surface area contributed by atoms with Crippen LogP contribution in [-0.2, 0) is 0 Å². The van der Waals surface area contributed by atoms with Crippen LogP contribution in [0.2, 0.25) is 5.15 Å². The number of nitrogens with one attached hydrogen (secondary N) is 1. The second-order valence-electron chi connectivity index (χ2n) is 2.14. The molecule has 8 heteroatoms. The number of hydrogen-bond acceptors (Lipinski definition) is 4. The maximum atomic E-state index is 11.6. The zero-order valence-corrected chi connectivity index (χ0v) is 7.34. The predicted octanol–water partition coefficient (Wildman–Crippen LogP) is 2.09. The molecule has 0 aliphatic heterocycles. The van der Waals surface area contributed by atoms with Crippen molar-refractivity contribution in [3.05, 3.63) is 17.5 Å². The van der Waals surface area contributed by atoms with Crippen molar-refractivity contribution in [2.45, 2.75) is 6.18 Å². The first-order valence-corrected chi connectivity index (χ1v) is 3.70. The molecular weight excluding hydrogens is 221 g/mol. The summed E-state index contributed by atoms with van der Waals surface area (Å²) in [5.41, 5.74) is 2.05. The van der Waals surface area contributed by atoms with E-state index in [2.05, 4.69) is 15.1 Å². The van der Waals surface area contributed by atoms with Gasteiger partial charge >= 0.3 is 6.18 Å². The minimum Gasteiger partial charge on any atom is -0.260 e. The molecule has 0 aliphatic rings. The summed E-state index contributed by atoms with van der Waals surface area (Å²) in [5, 5.41) is 3.05. The lowest BCUT2D eigenvalue weighted by molar-refractivity contribution is -0.0536. The van der Waals surface area contributed by atoms with Crippen LogP contribution in [0.3, 0.4) is 0 Å². The Morgan fingerprint density at radius 2 is 2.07 bits per heavy atom. The van der Waals surface area contributed by atoms with E-state index in [-0.39, 0.29) is 17.2 Å². The fourth-order valence-electron chi connectivity index (χ4n) is 0.542. The molecule has 14 heavy (non-hydrogen) atoms. The second kappa shape index (κ2) is 4.23. The van der Waals surface area contributed by atoms with Crippen LogP contribution in [0.25, 0.3) is 0 Å². The molecule has 0 saturated carbocycles. The van der Waals surface area contributed by atoms with Crippen molar-refractivity contribution in [1.82, 2.24) is 9.97 Å². The molecule has 0 saturated heterocycles. The number of hydrazone groups is 1. The molecule has 0 radical (unpaired) electrons. The average Bonchev–Trinajstić information content (AvgIpc) is 2.06. The Kier molecular flexibility index (Phi) is 3.23. The molecular formula is C6H4ClF3N4. The van der Waals surface area contributed by atoms with Gasteiger partial charge in [-0.15, -0.1) is 0 Å². The number of alkyl halides is 3. The summed E-state index contributed by atoms with van der Waals surface area (Å²) in [6.45, 7) is 0. The zero-order chi connectivity index (χ0) is 10.6. The second-order valence-corrected chi connectivity index (χ2v) is 2.52. The van der Waals surface area contributed by atoms with E-state index >= 15 is 0 Å². The van der Waals surface area contributed by atoms with Crippen LogP contribution in [0.5, 0.6) is 0 Å². The molecule has 0 bridgehead atoms. The highest BCUT2D eigenvalue weighted by molar-refractivity contribution is 6.29. The number of aromatic nitrogens is 2. The van der Waals surface area contributed by atoms with Crippen LogP contribution in [0.15, 0.2) is 17.5 Å². The lowest BCUT2D eigenvalue weighted by Crippen LogP contribution is -2.10. The van der Waals surface area contributed by atoms with E-state index in [0.29, 0.717) is 0 Å². The van der Waals surface area contributed by atoms with Crippen LogP contribution in [0, 0.1) is 0 Å². The first-order valence-electron chi connectivity index (χ1n) is 3.32. The van der Waals surface area contributed by atoms with Gasteiger partial charge in [-0.05, 0) is 0 Å². The molecule has 1 heterocycles. The van der Waals surface area contributed by atoms with Crippen molar-refractivity contribution in [1.29, 1.82) is 0 Å². The minimum atomic E-state index is -4.45. The molecule has 1 aromatic heterocycles. The summed E-state index contributed by atoms with van der Waals surface area (Å²) >= 11 is 5.40. The van der Waals surface area contributed by atoms with Crippen LogP contribution < -0.4 is 5.43 Å². The number of halogens is 4. The van der Waals surface area contributed by atoms with E-state index in [1.165, 1.54) is 6.20 Å². The maximum absolute atomic E-state index is 11.6. The average molecular weight is 225 g/mol. The van der Waals surface area contributed by atoms with E-state index in [0.717, 1.165) is 6.20 Å². The molecule has 0 aromatic carbocycles. The summed E-state index contributed by atoms with van der Waals surface area (Å²) < 4.78 is 34.7. The van der Waals surface area contributed by atoms with Gasteiger partial charge in [0.15, 0.2) is 5.82 Å². The Morgan fingerprint density at radius 3 is 2.57 bits per heavy atom. The Morgan fingerprint density at radius 1 is 1.36 bits per heavy atom. The Hall–Kier alpha value is -1.37. The minimum absolute atomic E-state index is 0.0786. The van der Waals surface area contributed by atoms with Crippen LogP contribution in [0.4, 0.5) is 19.0 Å². The summed E-state index contributed by atoms with van der Waals surface area (Å²) in [7, 11) is 0. The van der Waals surface area contributed by atoms with E-state index in [1.54, 1.807) is 0 Å². The van der Waals surface area contributed by atoms with Crippen molar-refractivity contribution in [3.63, 3.8) is 0 Å². The van der Waals surface area contributed by atoms with Crippen molar-refractivity contribution in [2.75, 3.05) is 5.43 Å². The fourth-order valence-corrected chi connectivity index (χ4v) is 0.639. The Bertz CT molecular complexity index is 321. The van der Waals surface area contributed by atoms with Gasteiger partial charge in [-0.3, -0.25) is 5.43 Å². The van der Waals surface area contributed by atoms with E-state index in [1.807, 2.05) is 5.43 Å². The van der Waals surface area contributed by atoms with Gasteiger partial charge in [-0.25, -0.2) is 9.97 Å². The van der Waals surface area contributed by atoms with Crippen molar-refractivity contribution >= 4 is 23.6 Å². The van der Waals surface area contributed by atoms with Crippen LogP contribution in [-0.4, -0.2) is 22.4 Å². The standard InChI is InChI=1S/C6H4ClF3N4/c7-4-1-12-5(2-11-4)14-13-3-6(8,9)10/h1-3H,(H,12,14). The third-order valence-electron chi connectivity index (χ3n) is 1.01. The Balaban J connectivity index is 2.54. The Labute approximate surface area is 81.8 Å². The highest BCUT2D eigenvalue weighted by Gasteiger charge is 2.23. The quantitative estimate of drug-likeness (QED) is 0.618. The van der Waals surface area contributed by atoms with Crippen LogP contribution in [0.1, 0.15) is 0 Å². The summed E-state index contributed by atoms with van der Waals surface area (Å²) in [5.74, 6) is 0.0786. The highest BCUT2D eigenvalue weighted by Crippen LogP contribution is 2.11. The molecule has 0 amide bonds. The number of anilines is 1. The summed E-state index contributed by atoms with van der Waals surface area (Å²) in [6, 6.07) is 0. The predicted molar refractivity (Wildman–Crippen MR) is 45.2 cm³/mol. The molecule has 76 valence electrons. The zero-order valence-electron chi connectivity index (χ0n) is 6.59. The lowest BCUT2D eigenvalue weighted by atomic mass is 10.7. The van der Waals surface area contributed by atoms with Gasteiger partial charge in [0.1, 0.15) is 11.4 Å². The first-order chi connectivity index (χ1) is 6.47. The number of hydrogen-bond donors (Lipinski definition) is 1. The number of nitrogens with zero attached hydrogens (tertiary/aromatic N) is 3. The molecule has 1 aromatic rings. The van der Waals surface area contributed by atoms with Gasteiger partial charge in [0.25, 0.3) is 0 Å². The normalized spacial score (nSPS) is 12.0. The van der Waals surface area contributed by atoms with E-state index < -0.39 is 6.18 Å². The van der Waals surface area contributed by atoms with Gasteiger partial charge in [0.2, 0.25) is 0 Å². The van der Waals surface area contributed by atoms with Crippen molar-refractivity contribution in [3.8, 4) is 0 Å². The molecule has 0 fully saturated rings. The number of rotatable bonds is 2. The molecule has 0 spiro atoms. The lowest BCUT2D eigenvalue weighted by Gasteiger charge is -1.99. The summed E-state index contributed by atoms with van der Waals surface area (Å²) in [4.78, 5) is 7.19. The molecule has 0 aliphatic carbocycles. The van der Waals surface area contributed by atoms with Gasteiger partial charge in [0, 0.05) is 0 Å². The third-order valence-corrected chi connectivity index (χ3v) is 1.21. The molecule has 0 atom stereocenters. The molecule has 1 N–H and O–H groups in total. The molecule has 0 unspecified atom stereocenters. The highest BCUT2D eigenvalue weighted by atomic mass is 35.5. The SMILES string of the molecule is FC(F)(F)C=NNc1cnc(Cl)cn1. The van der Waals surface area contributed by atoms with Gasteiger partial charge < -0.3 is 0 Å².